The van der Waals surface area contributed by atoms with E-state index in [4.69, 9.17) is 4.74 Å². The Balaban J connectivity index is 1.67. The molecule has 190 valence electrons. The van der Waals surface area contributed by atoms with E-state index < -0.39 is 0 Å². The van der Waals surface area contributed by atoms with E-state index in [9.17, 15) is 14.3 Å². The Morgan fingerprint density at radius 2 is 1.92 bits per heavy atom. The molecule has 1 amide bonds. The number of aliphatic hydroxyl groups is 1. The standard InChI is InChI=1S/C29H34FN3O3/c1-19-9-5-7-11-24(19)23-13-25-28(31-14-23)36-27(20(2)15-33(29(25)35)21(3)18-34)17-32(4)16-22-10-6-8-12-26(22)30/h5-14,20-21,27,34H,15-18H2,1-4H3/t20-,21-,27+/m0/s1. The summed E-state index contributed by atoms with van der Waals surface area (Å²) >= 11 is 0. The zero-order valence-electron chi connectivity index (χ0n) is 21.3. The summed E-state index contributed by atoms with van der Waals surface area (Å²) in [6.45, 7) is 7.12. The zero-order chi connectivity index (χ0) is 25.8. The number of amides is 1. The molecule has 36 heavy (non-hydrogen) atoms. The minimum atomic E-state index is -0.357. The Morgan fingerprint density at radius 1 is 1.19 bits per heavy atom. The van der Waals surface area contributed by atoms with Gasteiger partial charge in [-0.05, 0) is 44.2 Å². The number of aliphatic hydroxyl groups excluding tert-OH is 1. The van der Waals surface area contributed by atoms with Crippen molar-refractivity contribution in [3.05, 3.63) is 83.3 Å². The Morgan fingerprint density at radius 3 is 2.64 bits per heavy atom. The highest BCUT2D eigenvalue weighted by Gasteiger charge is 2.34. The van der Waals surface area contributed by atoms with E-state index in [2.05, 4.69) is 4.98 Å². The summed E-state index contributed by atoms with van der Waals surface area (Å²) < 4.78 is 20.6. The van der Waals surface area contributed by atoms with Gasteiger partial charge in [-0.1, -0.05) is 49.4 Å². The van der Waals surface area contributed by atoms with E-state index in [1.165, 1.54) is 6.07 Å². The molecule has 3 atom stereocenters. The van der Waals surface area contributed by atoms with Crippen LogP contribution in [0.3, 0.4) is 0 Å². The first kappa shape index (κ1) is 25.8. The third-order valence-electron chi connectivity index (χ3n) is 6.87. The first-order valence-corrected chi connectivity index (χ1v) is 12.3. The Kier molecular flexibility index (Phi) is 8.01. The van der Waals surface area contributed by atoms with Crippen LogP contribution in [0.2, 0.25) is 0 Å². The van der Waals surface area contributed by atoms with Crippen molar-refractivity contribution >= 4 is 5.91 Å². The normalized spacial score (nSPS) is 18.9. The molecule has 2 heterocycles. The summed E-state index contributed by atoms with van der Waals surface area (Å²) in [7, 11) is 1.93. The second-order valence-electron chi connectivity index (χ2n) is 9.80. The van der Waals surface area contributed by atoms with Gasteiger partial charge in [-0.25, -0.2) is 9.37 Å². The van der Waals surface area contributed by atoms with Crippen LogP contribution in [0.4, 0.5) is 4.39 Å². The number of fused-ring (bicyclic) bond motifs is 1. The number of carbonyl (C=O) groups excluding carboxylic acids is 1. The van der Waals surface area contributed by atoms with E-state index in [0.717, 1.165) is 16.7 Å². The number of halogens is 1. The maximum atomic E-state index is 14.2. The van der Waals surface area contributed by atoms with Crippen molar-refractivity contribution in [1.29, 1.82) is 0 Å². The van der Waals surface area contributed by atoms with Crippen molar-refractivity contribution in [3.63, 3.8) is 0 Å². The highest BCUT2D eigenvalue weighted by molar-refractivity contribution is 5.98. The lowest BCUT2D eigenvalue weighted by molar-refractivity contribution is 0.0324. The van der Waals surface area contributed by atoms with Gasteiger partial charge in [0.1, 0.15) is 17.5 Å². The number of benzene rings is 2. The predicted molar refractivity (Wildman–Crippen MR) is 138 cm³/mol. The van der Waals surface area contributed by atoms with Gasteiger partial charge in [0.15, 0.2) is 0 Å². The van der Waals surface area contributed by atoms with Crippen LogP contribution in [0, 0.1) is 18.7 Å². The summed E-state index contributed by atoms with van der Waals surface area (Å²) in [6.07, 6.45) is 1.44. The quantitative estimate of drug-likeness (QED) is 0.525. The van der Waals surface area contributed by atoms with Gasteiger partial charge >= 0.3 is 0 Å². The summed E-state index contributed by atoms with van der Waals surface area (Å²) in [5.74, 6) is -0.208. The molecule has 0 fully saturated rings. The minimum absolute atomic E-state index is 0.0444. The number of aromatic nitrogens is 1. The second-order valence-corrected chi connectivity index (χ2v) is 9.80. The van der Waals surface area contributed by atoms with E-state index in [1.54, 1.807) is 23.2 Å². The zero-order valence-corrected chi connectivity index (χ0v) is 21.3. The first-order chi connectivity index (χ1) is 17.3. The average Bonchev–Trinajstić information content (AvgIpc) is 2.87. The summed E-state index contributed by atoms with van der Waals surface area (Å²) in [6, 6.07) is 16.2. The van der Waals surface area contributed by atoms with Crippen molar-refractivity contribution < 1.29 is 19.0 Å². The molecule has 0 aliphatic carbocycles. The number of pyridine rings is 1. The first-order valence-electron chi connectivity index (χ1n) is 12.3. The minimum Gasteiger partial charge on any atom is -0.472 e. The SMILES string of the molecule is Cc1ccccc1-c1cnc2c(c1)C(=O)N([C@@H](C)CO)C[C@H](C)[C@@H](CN(C)Cc1ccccc1F)O2. The van der Waals surface area contributed by atoms with Gasteiger partial charge in [-0.3, -0.25) is 9.69 Å². The number of nitrogens with zero attached hydrogens (tertiary/aromatic N) is 3. The topological polar surface area (TPSA) is 65.9 Å². The number of hydrogen-bond acceptors (Lipinski definition) is 5. The molecule has 0 bridgehead atoms. The van der Waals surface area contributed by atoms with E-state index >= 15 is 0 Å². The van der Waals surface area contributed by atoms with Crippen LogP contribution in [0.1, 0.15) is 35.3 Å². The molecule has 1 aliphatic rings. The van der Waals surface area contributed by atoms with Gasteiger partial charge in [0.05, 0.1) is 12.6 Å². The van der Waals surface area contributed by atoms with E-state index in [-0.39, 0.29) is 42.3 Å². The van der Waals surface area contributed by atoms with Crippen molar-refractivity contribution in [2.24, 2.45) is 5.92 Å². The molecule has 1 aromatic heterocycles. The predicted octanol–water partition coefficient (Wildman–Crippen LogP) is 4.55. The Hall–Kier alpha value is -3.29. The molecular formula is C29H34FN3O3. The average molecular weight is 492 g/mol. The molecule has 0 saturated carbocycles. The van der Waals surface area contributed by atoms with Crippen LogP contribution in [0.25, 0.3) is 11.1 Å². The van der Waals surface area contributed by atoms with E-state index in [0.29, 0.717) is 30.8 Å². The third kappa shape index (κ3) is 5.58. The number of aryl methyl sites for hydroxylation is 1. The maximum Gasteiger partial charge on any atom is 0.259 e. The largest absolute Gasteiger partial charge is 0.472 e. The lowest BCUT2D eigenvalue weighted by Crippen LogP contribution is -2.49. The van der Waals surface area contributed by atoms with E-state index in [1.807, 2.05) is 69.1 Å². The van der Waals surface area contributed by atoms with Gasteiger partial charge < -0.3 is 14.7 Å². The Bertz CT molecular complexity index is 1220. The van der Waals surface area contributed by atoms with Crippen LogP contribution in [-0.2, 0) is 6.54 Å². The second kappa shape index (κ2) is 11.2. The molecule has 0 saturated heterocycles. The summed E-state index contributed by atoms with van der Waals surface area (Å²) in [5.41, 5.74) is 3.91. The lowest BCUT2D eigenvalue weighted by atomic mass is 9.98. The van der Waals surface area contributed by atoms with Gasteiger partial charge in [0, 0.05) is 42.9 Å². The number of likely N-dealkylation sites (N-methyl/N-ethyl adjacent to an activating group) is 1. The molecule has 0 spiro atoms. The summed E-state index contributed by atoms with van der Waals surface area (Å²) in [5, 5.41) is 9.89. The fraction of sp³-hybridized carbons (Fsp3) is 0.379. The molecule has 1 N–H and O–H groups in total. The molecule has 7 heteroatoms. The smallest absolute Gasteiger partial charge is 0.259 e. The maximum absolute atomic E-state index is 14.2. The van der Waals surface area contributed by atoms with Crippen molar-refractivity contribution in [2.45, 2.75) is 39.5 Å². The lowest BCUT2D eigenvalue weighted by Gasteiger charge is -2.37. The number of ether oxygens (including phenoxy) is 1. The van der Waals surface area contributed by atoms with Crippen LogP contribution < -0.4 is 4.74 Å². The molecule has 0 unspecified atom stereocenters. The molecule has 2 aromatic carbocycles. The van der Waals surface area contributed by atoms with Crippen LogP contribution in [0.5, 0.6) is 5.88 Å². The van der Waals surface area contributed by atoms with Gasteiger partial charge in [-0.2, -0.15) is 0 Å². The summed E-state index contributed by atoms with van der Waals surface area (Å²) in [4.78, 5) is 22.0. The van der Waals surface area contributed by atoms with Crippen LogP contribution in [-0.4, -0.2) is 64.7 Å². The molecule has 3 aromatic rings. The monoisotopic (exact) mass is 491 g/mol. The van der Waals surface area contributed by atoms with Gasteiger partial charge in [-0.15, -0.1) is 0 Å². The van der Waals surface area contributed by atoms with Crippen LogP contribution >= 0.6 is 0 Å². The third-order valence-corrected chi connectivity index (χ3v) is 6.87. The van der Waals surface area contributed by atoms with Gasteiger partial charge in [0.2, 0.25) is 5.88 Å². The molecule has 1 aliphatic heterocycles. The molecule has 6 nitrogen and oxygen atoms in total. The van der Waals surface area contributed by atoms with Crippen molar-refractivity contribution in [3.8, 4) is 17.0 Å². The van der Waals surface area contributed by atoms with Crippen molar-refractivity contribution in [1.82, 2.24) is 14.8 Å². The fourth-order valence-electron chi connectivity index (χ4n) is 4.65. The number of carbonyl (C=O) groups is 1. The van der Waals surface area contributed by atoms with Crippen LogP contribution in [0.15, 0.2) is 60.8 Å². The number of rotatable bonds is 7. The molecular weight excluding hydrogens is 457 g/mol. The highest BCUT2D eigenvalue weighted by atomic mass is 19.1. The molecule has 0 radical (unpaired) electrons. The Labute approximate surface area is 212 Å². The molecule has 4 rings (SSSR count). The van der Waals surface area contributed by atoms with Gasteiger partial charge in [0.25, 0.3) is 5.91 Å². The fourth-order valence-corrected chi connectivity index (χ4v) is 4.65. The van der Waals surface area contributed by atoms with Crippen molar-refractivity contribution in [2.75, 3.05) is 26.7 Å². The highest BCUT2D eigenvalue weighted by Crippen LogP contribution is 2.31. The number of hydrogen-bond donors (Lipinski definition) is 1.